The predicted octanol–water partition coefficient (Wildman–Crippen LogP) is 3.22. The number of aryl methyl sites for hydroxylation is 2. The van der Waals surface area contributed by atoms with Crippen molar-refractivity contribution in [1.82, 2.24) is 14.3 Å². The Morgan fingerprint density at radius 3 is 2.58 bits per heavy atom. The van der Waals surface area contributed by atoms with Crippen molar-refractivity contribution in [3.05, 3.63) is 65.1 Å². The number of rotatable bonds is 2. The zero-order chi connectivity index (χ0) is 18.3. The van der Waals surface area contributed by atoms with E-state index in [-0.39, 0.29) is 5.91 Å². The first kappa shape index (κ1) is 16.6. The lowest BCUT2D eigenvalue weighted by Gasteiger charge is -2.36. The molecule has 1 aromatic carbocycles. The number of hydrogen-bond donors (Lipinski definition) is 0. The van der Waals surface area contributed by atoms with Crippen LogP contribution < -0.4 is 4.90 Å². The molecule has 134 valence electrons. The van der Waals surface area contributed by atoms with Crippen molar-refractivity contribution >= 4 is 17.2 Å². The van der Waals surface area contributed by atoms with Crippen LogP contribution in [-0.2, 0) is 0 Å². The number of imidazole rings is 1. The highest BCUT2D eigenvalue weighted by Gasteiger charge is 2.24. The topological polar surface area (TPSA) is 40.9 Å². The van der Waals surface area contributed by atoms with E-state index in [2.05, 4.69) is 41.9 Å². The van der Waals surface area contributed by atoms with Crippen LogP contribution in [0.4, 0.5) is 5.69 Å². The summed E-state index contributed by atoms with van der Waals surface area (Å²) in [5.74, 6) is 0.0203. The number of piperazine rings is 1. The van der Waals surface area contributed by atoms with Crippen molar-refractivity contribution in [3.8, 4) is 0 Å². The number of aromatic nitrogens is 2. The van der Waals surface area contributed by atoms with Crippen molar-refractivity contribution in [2.45, 2.75) is 20.8 Å². The van der Waals surface area contributed by atoms with Gasteiger partial charge in [-0.15, -0.1) is 0 Å². The summed E-state index contributed by atoms with van der Waals surface area (Å²) < 4.78 is 1.91. The van der Waals surface area contributed by atoms with Gasteiger partial charge in [-0.1, -0.05) is 12.1 Å². The molecule has 0 atom stereocenters. The van der Waals surface area contributed by atoms with Crippen LogP contribution >= 0.6 is 0 Å². The fourth-order valence-corrected chi connectivity index (χ4v) is 3.58. The van der Waals surface area contributed by atoms with Gasteiger partial charge in [0.15, 0.2) is 0 Å². The minimum absolute atomic E-state index is 0.0203. The second-order valence-corrected chi connectivity index (χ2v) is 7.09. The minimum atomic E-state index is 0.0203. The van der Waals surface area contributed by atoms with Crippen molar-refractivity contribution in [3.63, 3.8) is 0 Å². The molecule has 5 nitrogen and oxygen atoms in total. The molecule has 26 heavy (non-hydrogen) atoms. The van der Waals surface area contributed by atoms with E-state index < -0.39 is 0 Å². The van der Waals surface area contributed by atoms with E-state index in [1.54, 1.807) is 0 Å². The summed E-state index contributed by atoms with van der Waals surface area (Å²) in [6.45, 7) is 9.48. The van der Waals surface area contributed by atoms with Gasteiger partial charge in [-0.3, -0.25) is 4.79 Å². The first-order chi connectivity index (χ1) is 12.5. The third kappa shape index (κ3) is 2.94. The molecule has 0 radical (unpaired) electrons. The van der Waals surface area contributed by atoms with Gasteiger partial charge in [-0.25, -0.2) is 4.98 Å². The zero-order valence-electron chi connectivity index (χ0n) is 15.6. The molecule has 1 fully saturated rings. The highest BCUT2D eigenvalue weighted by Crippen LogP contribution is 2.24. The van der Waals surface area contributed by atoms with E-state index >= 15 is 0 Å². The number of fused-ring (bicyclic) bond motifs is 1. The van der Waals surface area contributed by atoms with Crippen LogP contribution in [0.25, 0.3) is 5.65 Å². The van der Waals surface area contributed by atoms with Crippen LogP contribution in [0.2, 0.25) is 0 Å². The Bertz CT molecular complexity index is 967. The molecular weight excluding hydrogens is 324 g/mol. The number of carbonyl (C=O) groups excluding carboxylic acids is 1. The Kier molecular flexibility index (Phi) is 4.15. The van der Waals surface area contributed by atoms with Crippen LogP contribution in [0.5, 0.6) is 0 Å². The Labute approximate surface area is 153 Å². The van der Waals surface area contributed by atoms with Gasteiger partial charge in [0.2, 0.25) is 0 Å². The molecule has 1 aliphatic rings. The average molecular weight is 348 g/mol. The van der Waals surface area contributed by atoms with Gasteiger partial charge in [-0.05, 0) is 55.7 Å². The van der Waals surface area contributed by atoms with Gasteiger partial charge in [0, 0.05) is 44.3 Å². The summed E-state index contributed by atoms with van der Waals surface area (Å²) in [5.41, 5.74) is 6.40. The molecule has 0 spiro atoms. The van der Waals surface area contributed by atoms with Crippen LogP contribution in [0.15, 0.2) is 42.7 Å². The summed E-state index contributed by atoms with van der Waals surface area (Å²) in [5, 5.41) is 0. The molecule has 0 N–H and O–H groups in total. The maximum absolute atomic E-state index is 12.9. The zero-order valence-corrected chi connectivity index (χ0v) is 15.6. The first-order valence-electron chi connectivity index (χ1n) is 9.09. The third-order valence-corrected chi connectivity index (χ3v) is 5.32. The number of pyridine rings is 1. The number of anilines is 1. The van der Waals surface area contributed by atoms with E-state index in [4.69, 9.17) is 0 Å². The summed E-state index contributed by atoms with van der Waals surface area (Å²) in [4.78, 5) is 21.6. The maximum atomic E-state index is 12.9. The lowest BCUT2D eigenvalue weighted by atomic mass is 10.1. The molecule has 0 unspecified atom stereocenters. The van der Waals surface area contributed by atoms with Gasteiger partial charge in [0.05, 0.1) is 0 Å². The van der Waals surface area contributed by atoms with E-state index in [0.29, 0.717) is 5.69 Å². The molecule has 3 heterocycles. The summed E-state index contributed by atoms with van der Waals surface area (Å²) in [6.07, 6.45) is 3.78. The van der Waals surface area contributed by atoms with E-state index in [0.717, 1.165) is 37.4 Å². The maximum Gasteiger partial charge on any atom is 0.274 e. The van der Waals surface area contributed by atoms with Gasteiger partial charge < -0.3 is 14.2 Å². The largest absolute Gasteiger partial charge is 0.368 e. The van der Waals surface area contributed by atoms with Gasteiger partial charge in [-0.2, -0.15) is 0 Å². The standard InChI is InChI=1S/C21H24N4O/c1-15-7-8-25-14-18(22-20(25)13-15)21(26)24-11-9-23(10-12-24)19-6-4-5-16(2)17(19)3/h4-8,13-14H,9-12H2,1-3H3. The fraction of sp³-hybridized carbons (Fsp3) is 0.333. The second-order valence-electron chi connectivity index (χ2n) is 7.09. The lowest BCUT2D eigenvalue weighted by Crippen LogP contribution is -2.49. The Hall–Kier alpha value is -2.82. The highest BCUT2D eigenvalue weighted by molar-refractivity contribution is 5.93. The lowest BCUT2D eigenvalue weighted by molar-refractivity contribution is 0.0741. The normalized spacial score (nSPS) is 14.9. The minimum Gasteiger partial charge on any atom is -0.368 e. The second kappa shape index (κ2) is 6.48. The van der Waals surface area contributed by atoms with Crippen molar-refractivity contribution in [1.29, 1.82) is 0 Å². The Morgan fingerprint density at radius 2 is 1.81 bits per heavy atom. The molecular formula is C21H24N4O. The fourth-order valence-electron chi connectivity index (χ4n) is 3.58. The molecule has 0 aliphatic carbocycles. The average Bonchev–Trinajstić information content (AvgIpc) is 3.07. The number of nitrogens with zero attached hydrogens (tertiary/aromatic N) is 4. The van der Waals surface area contributed by atoms with E-state index in [1.807, 2.05) is 40.8 Å². The quantitative estimate of drug-likeness (QED) is 0.714. The Balaban J connectivity index is 1.48. The van der Waals surface area contributed by atoms with Gasteiger partial charge in [0.25, 0.3) is 5.91 Å². The number of hydrogen-bond acceptors (Lipinski definition) is 3. The van der Waals surface area contributed by atoms with Crippen LogP contribution in [-0.4, -0.2) is 46.4 Å². The molecule has 5 heteroatoms. The molecule has 1 amide bonds. The van der Waals surface area contributed by atoms with Crippen LogP contribution in [0, 0.1) is 20.8 Å². The van der Waals surface area contributed by atoms with Crippen LogP contribution in [0.3, 0.4) is 0 Å². The highest BCUT2D eigenvalue weighted by atomic mass is 16.2. The summed E-state index contributed by atoms with van der Waals surface area (Å²) in [7, 11) is 0. The molecule has 4 rings (SSSR count). The van der Waals surface area contributed by atoms with E-state index in [1.165, 1.54) is 16.8 Å². The molecule has 1 aliphatic heterocycles. The van der Waals surface area contributed by atoms with Gasteiger partial charge in [0.1, 0.15) is 11.3 Å². The number of amides is 1. The van der Waals surface area contributed by atoms with E-state index in [9.17, 15) is 4.79 Å². The molecule has 3 aromatic rings. The molecule has 1 saturated heterocycles. The number of benzene rings is 1. The van der Waals surface area contributed by atoms with Crippen molar-refractivity contribution in [2.24, 2.45) is 0 Å². The van der Waals surface area contributed by atoms with Gasteiger partial charge >= 0.3 is 0 Å². The van der Waals surface area contributed by atoms with Crippen LogP contribution in [0.1, 0.15) is 27.2 Å². The number of carbonyl (C=O) groups is 1. The summed E-state index contributed by atoms with van der Waals surface area (Å²) in [6, 6.07) is 10.4. The third-order valence-electron chi connectivity index (χ3n) is 5.32. The first-order valence-corrected chi connectivity index (χ1v) is 9.09. The molecule has 0 saturated carbocycles. The predicted molar refractivity (Wildman–Crippen MR) is 104 cm³/mol. The SMILES string of the molecule is Cc1ccn2cc(C(=O)N3CCN(c4cccc(C)c4C)CC3)nc2c1. The summed E-state index contributed by atoms with van der Waals surface area (Å²) >= 11 is 0. The Morgan fingerprint density at radius 1 is 1.04 bits per heavy atom. The molecule has 0 bridgehead atoms. The van der Waals surface area contributed by atoms with Crippen molar-refractivity contribution < 1.29 is 4.79 Å². The smallest absolute Gasteiger partial charge is 0.274 e. The monoisotopic (exact) mass is 348 g/mol. The van der Waals surface area contributed by atoms with Crippen molar-refractivity contribution in [2.75, 3.05) is 31.1 Å². The molecule has 2 aromatic heterocycles.